The largest absolute Gasteiger partial charge is 0.269 e. The van der Waals surface area contributed by atoms with Gasteiger partial charge in [-0.25, -0.2) is 0 Å². The first-order valence-corrected chi connectivity index (χ1v) is 7.78. The summed E-state index contributed by atoms with van der Waals surface area (Å²) in [5, 5.41) is 10.5. The lowest BCUT2D eigenvalue weighted by Gasteiger charge is -2.02. The number of hydrogen-bond acceptors (Lipinski definition) is 4. The lowest BCUT2D eigenvalue weighted by molar-refractivity contribution is -0.384. The fraction of sp³-hybridized carbons (Fsp3) is 0.143. The van der Waals surface area contributed by atoms with Crippen molar-refractivity contribution in [3.63, 3.8) is 0 Å². The zero-order valence-corrected chi connectivity index (χ0v) is 11.8. The van der Waals surface area contributed by atoms with Gasteiger partial charge >= 0.3 is 0 Å². The molecule has 0 unspecified atom stereocenters. The second-order valence-electron chi connectivity index (χ2n) is 3.76. The fourth-order valence-corrected chi connectivity index (χ4v) is 3.32. The van der Waals surface area contributed by atoms with Crippen LogP contribution in [0.4, 0.5) is 5.69 Å². The van der Waals surface area contributed by atoms with Crippen LogP contribution in [0.15, 0.2) is 64.4 Å². The molecule has 0 fully saturated rings. The van der Waals surface area contributed by atoms with Gasteiger partial charge in [0.1, 0.15) is 0 Å². The van der Waals surface area contributed by atoms with Gasteiger partial charge in [-0.3, -0.25) is 10.1 Å². The smallest absolute Gasteiger partial charge is 0.258 e. The van der Waals surface area contributed by atoms with Gasteiger partial charge in [0.25, 0.3) is 5.69 Å². The summed E-state index contributed by atoms with van der Waals surface area (Å²) in [6, 6.07) is 17.0. The molecule has 0 atom stereocenters. The molecule has 0 radical (unpaired) electrons. The zero-order valence-electron chi connectivity index (χ0n) is 10.2. The highest BCUT2D eigenvalue weighted by atomic mass is 32.2. The molecule has 0 amide bonds. The molecule has 0 aliphatic rings. The number of hydrogen-bond donors (Lipinski definition) is 0. The quantitative estimate of drug-likeness (QED) is 0.340. The molecule has 0 saturated heterocycles. The minimum atomic E-state index is -0.375. The highest BCUT2D eigenvalue weighted by molar-refractivity contribution is 8.03. The summed E-state index contributed by atoms with van der Waals surface area (Å²) in [6.07, 6.45) is 0. The molecule has 0 N–H and O–H groups in total. The molecular weight excluding hydrogens is 278 g/mol. The standard InChI is InChI=1S/C14H13NO2S2/c16-15(17)12-6-8-14(9-7-12)19-11-10-18-13-4-2-1-3-5-13/h1-9H,10-11H2. The monoisotopic (exact) mass is 291 g/mol. The molecule has 5 heteroatoms. The molecule has 0 aliphatic heterocycles. The van der Waals surface area contributed by atoms with E-state index < -0.39 is 0 Å². The van der Waals surface area contributed by atoms with Crippen LogP contribution in [0.2, 0.25) is 0 Å². The van der Waals surface area contributed by atoms with E-state index in [0.717, 1.165) is 16.4 Å². The second-order valence-corrected chi connectivity index (χ2v) is 6.10. The van der Waals surface area contributed by atoms with Crippen molar-refractivity contribution >= 4 is 29.2 Å². The van der Waals surface area contributed by atoms with Crippen LogP contribution in [0.25, 0.3) is 0 Å². The number of nitro benzene ring substituents is 1. The van der Waals surface area contributed by atoms with Crippen molar-refractivity contribution in [2.24, 2.45) is 0 Å². The highest BCUT2D eigenvalue weighted by Gasteiger charge is 2.03. The maximum Gasteiger partial charge on any atom is 0.269 e. The number of thioether (sulfide) groups is 2. The highest BCUT2D eigenvalue weighted by Crippen LogP contribution is 2.24. The van der Waals surface area contributed by atoms with Crippen molar-refractivity contribution in [2.75, 3.05) is 11.5 Å². The van der Waals surface area contributed by atoms with Crippen LogP contribution in [-0.4, -0.2) is 16.4 Å². The molecule has 98 valence electrons. The SMILES string of the molecule is O=[N+]([O-])c1ccc(SCCSc2ccccc2)cc1. The lowest BCUT2D eigenvalue weighted by Crippen LogP contribution is -1.87. The summed E-state index contributed by atoms with van der Waals surface area (Å²) in [6.45, 7) is 0. The first-order valence-electron chi connectivity index (χ1n) is 5.81. The van der Waals surface area contributed by atoms with E-state index in [0.29, 0.717) is 0 Å². The van der Waals surface area contributed by atoms with Gasteiger partial charge in [-0.15, -0.1) is 23.5 Å². The number of nitrogens with zero attached hydrogens (tertiary/aromatic N) is 1. The second kappa shape index (κ2) is 7.21. The molecule has 3 nitrogen and oxygen atoms in total. The molecule has 2 aromatic rings. The van der Waals surface area contributed by atoms with E-state index in [1.807, 2.05) is 30.0 Å². The maximum atomic E-state index is 10.5. The summed E-state index contributed by atoms with van der Waals surface area (Å²) in [4.78, 5) is 12.5. The third-order valence-corrected chi connectivity index (χ3v) is 4.70. The zero-order chi connectivity index (χ0) is 13.5. The van der Waals surface area contributed by atoms with Crippen molar-refractivity contribution in [3.05, 3.63) is 64.7 Å². The van der Waals surface area contributed by atoms with E-state index in [1.54, 1.807) is 36.0 Å². The first kappa shape index (κ1) is 14.0. The van der Waals surface area contributed by atoms with Crippen LogP contribution < -0.4 is 0 Å². The van der Waals surface area contributed by atoms with E-state index in [9.17, 15) is 10.1 Å². The van der Waals surface area contributed by atoms with Crippen LogP contribution >= 0.6 is 23.5 Å². The van der Waals surface area contributed by atoms with Crippen molar-refractivity contribution < 1.29 is 4.92 Å². The van der Waals surface area contributed by atoms with Crippen molar-refractivity contribution in [1.82, 2.24) is 0 Å². The van der Waals surface area contributed by atoms with Gasteiger partial charge in [-0.05, 0) is 24.3 Å². The Kier molecular flexibility index (Phi) is 5.30. The Balaban J connectivity index is 1.75. The molecule has 19 heavy (non-hydrogen) atoms. The molecule has 0 bridgehead atoms. The average Bonchev–Trinajstić information content (AvgIpc) is 2.45. The molecule has 0 aliphatic carbocycles. The summed E-state index contributed by atoms with van der Waals surface area (Å²) >= 11 is 3.54. The van der Waals surface area contributed by atoms with Crippen LogP contribution in [0, 0.1) is 10.1 Å². The molecule has 2 rings (SSSR count). The van der Waals surface area contributed by atoms with Crippen LogP contribution in [0.3, 0.4) is 0 Å². The third-order valence-electron chi connectivity index (χ3n) is 2.41. The van der Waals surface area contributed by atoms with Crippen molar-refractivity contribution in [3.8, 4) is 0 Å². The summed E-state index contributed by atoms with van der Waals surface area (Å²) in [5.74, 6) is 2.00. The van der Waals surface area contributed by atoms with Gasteiger partial charge in [-0.2, -0.15) is 0 Å². The van der Waals surface area contributed by atoms with E-state index in [1.165, 1.54) is 4.90 Å². The Morgan fingerprint density at radius 3 is 1.89 bits per heavy atom. The molecule has 0 spiro atoms. The third kappa shape index (κ3) is 4.61. The number of nitro groups is 1. The van der Waals surface area contributed by atoms with E-state index in [-0.39, 0.29) is 10.6 Å². The summed E-state index contributed by atoms with van der Waals surface area (Å²) < 4.78 is 0. The van der Waals surface area contributed by atoms with Gasteiger partial charge in [0.15, 0.2) is 0 Å². The average molecular weight is 291 g/mol. The Labute approximate surface area is 120 Å². The number of benzene rings is 2. The van der Waals surface area contributed by atoms with Gasteiger partial charge in [0.2, 0.25) is 0 Å². The first-order chi connectivity index (χ1) is 9.25. The molecule has 0 saturated carbocycles. The predicted molar refractivity (Wildman–Crippen MR) is 81.0 cm³/mol. The van der Waals surface area contributed by atoms with Crippen LogP contribution in [0.1, 0.15) is 0 Å². The Morgan fingerprint density at radius 2 is 1.37 bits per heavy atom. The normalized spacial score (nSPS) is 10.3. The van der Waals surface area contributed by atoms with Crippen LogP contribution in [0.5, 0.6) is 0 Å². The fourth-order valence-electron chi connectivity index (χ4n) is 1.50. The molecule has 2 aromatic carbocycles. The topological polar surface area (TPSA) is 43.1 Å². The Hall–Kier alpha value is -1.46. The molecule has 0 aromatic heterocycles. The van der Waals surface area contributed by atoms with Gasteiger partial charge in [0.05, 0.1) is 4.92 Å². The van der Waals surface area contributed by atoms with E-state index in [2.05, 4.69) is 12.1 Å². The Morgan fingerprint density at radius 1 is 0.842 bits per heavy atom. The summed E-state index contributed by atoms with van der Waals surface area (Å²) in [7, 11) is 0. The maximum absolute atomic E-state index is 10.5. The van der Waals surface area contributed by atoms with Gasteiger partial charge in [-0.1, -0.05) is 18.2 Å². The minimum Gasteiger partial charge on any atom is -0.258 e. The van der Waals surface area contributed by atoms with E-state index in [4.69, 9.17) is 0 Å². The van der Waals surface area contributed by atoms with Gasteiger partial charge in [0, 0.05) is 33.4 Å². The molecular formula is C14H13NO2S2. The predicted octanol–water partition coefficient (Wildman–Crippen LogP) is 4.48. The summed E-state index contributed by atoms with van der Waals surface area (Å²) in [5.41, 5.74) is 0.142. The van der Waals surface area contributed by atoms with Gasteiger partial charge < -0.3 is 0 Å². The molecule has 0 heterocycles. The lowest BCUT2D eigenvalue weighted by atomic mass is 10.3. The minimum absolute atomic E-state index is 0.142. The van der Waals surface area contributed by atoms with Crippen molar-refractivity contribution in [2.45, 2.75) is 9.79 Å². The van der Waals surface area contributed by atoms with Crippen molar-refractivity contribution in [1.29, 1.82) is 0 Å². The van der Waals surface area contributed by atoms with E-state index >= 15 is 0 Å². The number of rotatable bonds is 6. The Bertz CT molecular complexity index is 529. The van der Waals surface area contributed by atoms with Crippen LogP contribution in [-0.2, 0) is 0 Å². The number of non-ortho nitro benzene ring substituents is 1.